The van der Waals surface area contributed by atoms with E-state index < -0.39 is 0 Å². The second-order valence-corrected chi connectivity index (χ2v) is 7.31. The molecule has 2 N–H and O–H groups in total. The first kappa shape index (κ1) is 16.4. The molecule has 118 valence electrons. The summed E-state index contributed by atoms with van der Waals surface area (Å²) in [5.41, 5.74) is 6.01. The molecule has 0 saturated heterocycles. The maximum atomic E-state index is 10.3. The van der Waals surface area contributed by atoms with Crippen LogP contribution in [0.5, 0.6) is 11.5 Å². The molecular formula is C20H26O2. The molecule has 0 saturated carbocycles. The summed E-state index contributed by atoms with van der Waals surface area (Å²) < 4.78 is 0. The molecule has 0 aliphatic heterocycles. The number of hydrogen-bond donors (Lipinski definition) is 2. The van der Waals surface area contributed by atoms with Crippen LogP contribution < -0.4 is 0 Å². The van der Waals surface area contributed by atoms with Crippen molar-refractivity contribution in [2.24, 2.45) is 0 Å². The van der Waals surface area contributed by atoms with E-state index >= 15 is 0 Å². The van der Waals surface area contributed by atoms with Gasteiger partial charge in [0.2, 0.25) is 0 Å². The third kappa shape index (κ3) is 3.27. The van der Waals surface area contributed by atoms with E-state index in [1.165, 1.54) is 0 Å². The van der Waals surface area contributed by atoms with E-state index in [0.717, 1.165) is 33.4 Å². The van der Waals surface area contributed by atoms with Crippen LogP contribution in [0.3, 0.4) is 0 Å². The number of phenols is 2. The van der Waals surface area contributed by atoms with Gasteiger partial charge in [-0.3, -0.25) is 0 Å². The van der Waals surface area contributed by atoms with Crippen LogP contribution in [0.15, 0.2) is 24.3 Å². The van der Waals surface area contributed by atoms with Gasteiger partial charge in [0.1, 0.15) is 11.5 Å². The fraction of sp³-hybridized carbons (Fsp3) is 0.400. The normalized spacial score (nSPS) is 11.7. The number of aromatic hydroxyl groups is 2. The van der Waals surface area contributed by atoms with Gasteiger partial charge in [0.25, 0.3) is 0 Å². The van der Waals surface area contributed by atoms with Crippen LogP contribution in [0.25, 0.3) is 0 Å². The summed E-state index contributed by atoms with van der Waals surface area (Å²) >= 11 is 0. The van der Waals surface area contributed by atoms with E-state index in [2.05, 4.69) is 26.8 Å². The maximum Gasteiger partial charge on any atom is 0.122 e. The van der Waals surface area contributed by atoms with Crippen molar-refractivity contribution in [1.82, 2.24) is 0 Å². The Labute approximate surface area is 133 Å². The first-order chi connectivity index (χ1) is 10.1. The predicted molar refractivity (Wildman–Crippen MR) is 91.9 cm³/mol. The first-order valence-corrected chi connectivity index (χ1v) is 7.71. The molecule has 0 radical (unpaired) electrons. The van der Waals surface area contributed by atoms with E-state index in [0.29, 0.717) is 17.9 Å². The largest absolute Gasteiger partial charge is 0.508 e. The van der Waals surface area contributed by atoms with Crippen molar-refractivity contribution in [3.8, 4) is 11.5 Å². The minimum atomic E-state index is -0.114. The smallest absolute Gasteiger partial charge is 0.122 e. The molecule has 0 spiro atoms. The summed E-state index contributed by atoms with van der Waals surface area (Å²) in [6.45, 7) is 12.2. The summed E-state index contributed by atoms with van der Waals surface area (Å²) in [5, 5.41) is 20.5. The topological polar surface area (TPSA) is 40.5 Å². The minimum Gasteiger partial charge on any atom is -0.508 e. The quantitative estimate of drug-likeness (QED) is 0.827. The van der Waals surface area contributed by atoms with E-state index in [1.54, 1.807) is 0 Å². The lowest BCUT2D eigenvalue weighted by molar-refractivity contribution is 0.445. The van der Waals surface area contributed by atoms with Gasteiger partial charge in [0.15, 0.2) is 0 Å². The minimum absolute atomic E-state index is 0.114. The van der Waals surface area contributed by atoms with Gasteiger partial charge < -0.3 is 10.2 Å². The highest BCUT2D eigenvalue weighted by Crippen LogP contribution is 2.34. The fourth-order valence-corrected chi connectivity index (χ4v) is 2.92. The zero-order chi connectivity index (χ0) is 16.7. The summed E-state index contributed by atoms with van der Waals surface area (Å²) in [6.07, 6.45) is 0.670. The zero-order valence-corrected chi connectivity index (χ0v) is 14.4. The summed E-state index contributed by atoms with van der Waals surface area (Å²) in [7, 11) is 0. The van der Waals surface area contributed by atoms with Gasteiger partial charge in [0.05, 0.1) is 0 Å². The molecule has 0 aromatic heterocycles. The maximum absolute atomic E-state index is 10.3. The SMILES string of the molecule is Cc1cc(C)c(O)c(Cc2cc(C(C)(C)C)c(O)cc2C)c1. The van der Waals surface area contributed by atoms with E-state index in [-0.39, 0.29) is 5.41 Å². The molecule has 0 aliphatic rings. The number of phenolic OH excluding ortho intramolecular Hbond substituents is 2. The predicted octanol–water partition coefficient (Wildman–Crippen LogP) is 4.91. The van der Waals surface area contributed by atoms with Crippen molar-refractivity contribution in [3.63, 3.8) is 0 Å². The van der Waals surface area contributed by atoms with E-state index in [9.17, 15) is 10.2 Å². The first-order valence-electron chi connectivity index (χ1n) is 7.71. The molecule has 2 heteroatoms. The van der Waals surface area contributed by atoms with Crippen molar-refractivity contribution in [2.45, 2.75) is 53.4 Å². The summed E-state index contributed by atoms with van der Waals surface area (Å²) in [6, 6.07) is 7.92. The van der Waals surface area contributed by atoms with Crippen LogP contribution in [-0.4, -0.2) is 10.2 Å². The Bertz CT molecular complexity index is 707. The lowest BCUT2D eigenvalue weighted by Gasteiger charge is -2.22. The van der Waals surface area contributed by atoms with Crippen molar-refractivity contribution in [3.05, 3.63) is 57.6 Å². The average Bonchev–Trinajstić information content (AvgIpc) is 2.36. The molecule has 0 unspecified atom stereocenters. The number of benzene rings is 2. The van der Waals surface area contributed by atoms with Gasteiger partial charge in [0, 0.05) is 6.42 Å². The van der Waals surface area contributed by atoms with Gasteiger partial charge in [-0.25, -0.2) is 0 Å². The van der Waals surface area contributed by atoms with Crippen LogP contribution in [0.4, 0.5) is 0 Å². The molecule has 22 heavy (non-hydrogen) atoms. The molecule has 0 aliphatic carbocycles. The Morgan fingerprint density at radius 1 is 0.818 bits per heavy atom. The Kier molecular flexibility index (Phi) is 4.23. The highest BCUT2D eigenvalue weighted by atomic mass is 16.3. The Morgan fingerprint density at radius 2 is 1.45 bits per heavy atom. The second-order valence-electron chi connectivity index (χ2n) is 7.31. The molecule has 0 amide bonds. The summed E-state index contributed by atoms with van der Waals surface area (Å²) in [4.78, 5) is 0. The highest BCUT2D eigenvalue weighted by Gasteiger charge is 2.20. The third-order valence-electron chi connectivity index (χ3n) is 4.17. The van der Waals surface area contributed by atoms with Crippen LogP contribution in [0.2, 0.25) is 0 Å². The fourth-order valence-electron chi connectivity index (χ4n) is 2.92. The molecule has 0 fully saturated rings. The van der Waals surface area contributed by atoms with E-state index in [4.69, 9.17) is 0 Å². The molecule has 0 bridgehead atoms. The zero-order valence-electron chi connectivity index (χ0n) is 14.4. The van der Waals surface area contributed by atoms with Gasteiger partial charge >= 0.3 is 0 Å². The van der Waals surface area contributed by atoms with Crippen molar-refractivity contribution in [1.29, 1.82) is 0 Å². The molecule has 2 nitrogen and oxygen atoms in total. The molecular weight excluding hydrogens is 272 g/mol. The lowest BCUT2D eigenvalue weighted by Crippen LogP contribution is -2.12. The number of hydrogen-bond acceptors (Lipinski definition) is 2. The Balaban J connectivity index is 2.51. The Morgan fingerprint density at radius 3 is 2.05 bits per heavy atom. The molecule has 2 aromatic carbocycles. The molecule has 0 heterocycles. The van der Waals surface area contributed by atoms with Crippen molar-refractivity contribution in [2.75, 3.05) is 0 Å². The lowest BCUT2D eigenvalue weighted by atomic mass is 9.83. The van der Waals surface area contributed by atoms with Gasteiger partial charge in [-0.15, -0.1) is 0 Å². The average molecular weight is 298 g/mol. The molecule has 0 atom stereocenters. The van der Waals surface area contributed by atoms with Crippen molar-refractivity contribution >= 4 is 0 Å². The van der Waals surface area contributed by atoms with E-state index in [1.807, 2.05) is 39.0 Å². The standard InChI is InChI=1S/C20H26O2/c1-12-7-14(3)19(22)16(8-12)10-15-11-17(20(4,5)6)18(21)9-13(15)2/h7-9,11,21-22H,10H2,1-6H3. The monoisotopic (exact) mass is 298 g/mol. The third-order valence-corrected chi connectivity index (χ3v) is 4.17. The van der Waals surface area contributed by atoms with Crippen LogP contribution in [0, 0.1) is 20.8 Å². The second kappa shape index (κ2) is 5.68. The van der Waals surface area contributed by atoms with Gasteiger partial charge in [-0.05, 0) is 60.1 Å². The number of aryl methyl sites for hydroxylation is 3. The summed E-state index contributed by atoms with van der Waals surface area (Å²) in [5.74, 6) is 0.716. The van der Waals surface area contributed by atoms with Gasteiger partial charge in [-0.2, -0.15) is 0 Å². The van der Waals surface area contributed by atoms with Crippen LogP contribution in [-0.2, 0) is 11.8 Å². The highest BCUT2D eigenvalue weighted by molar-refractivity contribution is 5.49. The van der Waals surface area contributed by atoms with Crippen molar-refractivity contribution < 1.29 is 10.2 Å². The number of rotatable bonds is 2. The van der Waals surface area contributed by atoms with Gasteiger partial charge in [-0.1, -0.05) is 44.5 Å². The Hall–Kier alpha value is -1.96. The van der Waals surface area contributed by atoms with Crippen LogP contribution >= 0.6 is 0 Å². The molecule has 2 aromatic rings. The van der Waals surface area contributed by atoms with Crippen LogP contribution in [0.1, 0.15) is 54.2 Å². The molecule has 2 rings (SSSR count).